The van der Waals surface area contributed by atoms with Crippen molar-refractivity contribution < 1.29 is 9.53 Å². The first kappa shape index (κ1) is 23.4. The Hall–Kier alpha value is -4.39. The second-order valence-corrected chi connectivity index (χ2v) is 8.67. The summed E-state index contributed by atoms with van der Waals surface area (Å²) < 4.78 is 7.50. The quantitative estimate of drug-likeness (QED) is 0.369. The van der Waals surface area contributed by atoms with Crippen LogP contribution in [0.3, 0.4) is 0 Å². The van der Waals surface area contributed by atoms with Crippen molar-refractivity contribution in [3.05, 3.63) is 103 Å². The van der Waals surface area contributed by atoms with Gasteiger partial charge in [0.05, 0.1) is 13.7 Å². The number of hydrogen-bond donors (Lipinski definition) is 0. The lowest BCUT2D eigenvalue weighted by Gasteiger charge is -2.35. The number of anilines is 1. The van der Waals surface area contributed by atoms with Gasteiger partial charge in [-0.2, -0.15) is 5.10 Å². The van der Waals surface area contributed by atoms with Crippen molar-refractivity contribution in [3.8, 4) is 17.0 Å². The van der Waals surface area contributed by atoms with Gasteiger partial charge >= 0.3 is 0 Å². The van der Waals surface area contributed by atoms with Gasteiger partial charge in [-0.15, -0.1) is 0 Å². The van der Waals surface area contributed by atoms with Crippen molar-refractivity contribution in [2.75, 3.05) is 38.2 Å². The molecule has 0 bridgehead atoms. The SMILES string of the molecule is COc1ccccc1-c1nn(Cc2ccccc2)cc1C=CC(=O)N1CCN(c2ccncc2)CC1. The highest BCUT2D eigenvalue weighted by molar-refractivity contribution is 5.93. The first-order chi connectivity index (χ1) is 17.7. The lowest BCUT2D eigenvalue weighted by Crippen LogP contribution is -2.48. The third-order valence-electron chi connectivity index (χ3n) is 6.36. The maximum absolute atomic E-state index is 13.0. The molecule has 1 saturated heterocycles. The van der Waals surface area contributed by atoms with Gasteiger partial charge in [0.1, 0.15) is 11.4 Å². The van der Waals surface area contributed by atoms with Crippen molar-refractivity contribution in [2.24, 2.45) is 0 Å². The van der Waals surface area contributed by atoms with E-state index in [2.05, 4.69) is 22.0 Å². The first-order valence-electron chi connectivity index (χ1n) is 12.1. The van der Waals surface area contributed by atoms with Gasteiger partial charge in [-0.25, -0.2) is 0 Å². The van der Waals surface area contributed by atoms with Crippen molar-refractivity contribution in [1.82, 2.24) is 19.7 Å². The molecule has 0 atom stereocenters. The Kier molecular flexibility index (Phi) is 7.07. The molecule has 2 aromatic carbocycles. The maximum atomic E-state index is 13.0. The fourth-order valence-corrected chi connectivity index (χ4v) is 4.47. The smallest absolute Gasteiger partial charge is 0.246 e. The van der Waals surface area contributed by atoms with Crippen LogP contribution in [0.2, 0.25) is 0 Å². The Morgan fingerprint density at radius 3 is 2.42 bits per heavy atom. The molecule has 2 aromatic heterocycles. The number of rotatable bonds is 7. The van der Waals surface area contributed by atoms with Crippen molar-refractivity contribution in [2.45, 2.75) is 6.54 Å². The minimum atomic E-state index is 0.00571. The molecule has 3 heterocycles. The second kappa shape index (κ2) is 10.9. The molecular formula is C29H29N5O2. The topological polar surface area (TPSA) is 63.5 Å². The predicted molar refractivity (Wildman–Crippen MR) is 142 cm³/mol. The number of aromatic nitrogens is 3. The number of hydrogen-bond acceptors (Lipinski definition) is 5. The lowest BCUT2D eigenvalue weighted by molar-refractivity contribution is -0.126. The molecule has 0 unspecified atom stereocenters. The van der Waals surface area contributed by atoms with Gasteiger partial charge in [0.25, 0.3) is 0 Å². The van der Waals surface area contributed by atoms with Crippen LogP contribution in [-0.4, -0.2) is 58.9 Å². The van der Waals surface area contributed by atoms with Crippen molar-refractivity contribution in [1.29, 1.82) is 0 Å². The van der Waals surface area contributed by atoms with Crippen LogP contribution < -0.4 is 9.64 Å². The molecule has 36 heavy (non-hydrogen) atoms. The van der Waals surface area contributed by atoms with Crippen LogP contribution in [0.25, 0.3) is 17.3 Å². The van der Waals surface area contributed by atoms with Crippen LogP contribution in [0.1, 0.15) is 11.1 Å². The highest BCUT2D eigenvalue weighted by Crippen LogP contribution is 2.32. The molecular weight excluding hydrogens is 450 g/mol. The van der Waals surface area contributed by atoms with E-state index in [0.29, 0.717) is 19.6 Å². The first-order valence-corrected chi connectivity index (χ1v) is 12.1. The van der Waals surface area contributed by atoms with Crippen LogP contribution in [0, 0.1) is 0 Å². The van der Waals surface area contributed by atoms with E-state index in [1.165, 1.54) is 0 Å². The molecule has 4 aromatic rings. The molecule has 0 aliphatic carbocycles. The molecule has 182 valence electrons. The molecule has 1 fully saturated rings. The number of carbonyl (C=O) groups excluding carboxylic acids is 1. The van der Waals surface area contributed by atoms with Crippen LogP contribution in [0.4, 0.5) is 5.69 Å². The van der Waals surface area contributed by atoms with Gasteiger partial charge in [-0.05, 0) is 35.9 Å². The van der Waals surface area contributed by atoms with Crippen molar-refractivity contribution >= 4 is 17.7 Å². The van der Waals surface area contributed by atoms with Gasteiger partial charge in [-0.3, -0.25) is 14.5 Å². The molecule has 5 rings (SSSR count). The summed E-state index contributed by atoms with van der Waals surface area (Å²) in [4.78, 5) is 21.3. The highest BCUT2D eigenvalue weighted by atomic mass is 16.5. The summed E-state index contributed by atoms with van der Waals surface area (Å²) in [6.07, 6.45) is 9.11. The molecule has 0 radical (unpaired) electrons. The molecule has 0 saturated carbocycles. The number of carbonyl (C=O) groups is 1. The number of methoxy groups -OCH3 is 1. The van der Waals surface area contributed by atoms with E-state index in [9.17, 15) is 4.79 Å². The number of benzene rings is 2. The van der Waals surface area contributed by atoms with E-state index in [4.69, 9.17) is 9.84 Å². The Labute approximate surface area is 211 Å². The zero-order valence-corrected chi connectivity index (χ0v) is 20.3. The molecule has 0 N–H and O–H groups in total. The molecule has 1 aliphatic heterocycles. The van der Waals surface area contributed by atoms with Crippen LogP contribution >= 0.6 is 0 Å². The lowest BCUT2D eigenvalue weighted by atomic mass is 10.1. The zero-order valence-electron chi connectivity index (χ0n) is 20.3. The van der Waals surface area contributed by atoms with Gasteiger partial charge in [0.15, 0.2) is 0 Å². The van der Waals surface area contributed by atoms with Gasteiger partial charge in [-0.1, -0.05) is 42.5 Å². The fourth-order valence-electron chi connectivity index (χ4n) is 4.47. The average molecular weight is 480 g/mol. The van der Waals surface area contributed by atoms with Gasteiger partial charge in [0, 0.05) is 67.7 Å². The van der Waals surface area contributed by atoms with Crippen LogP contribution in [0.15, 0.2) is 91.4 Å². The largest absolute Gasteiger partial charge is 0.496 e. The number of ether oxygens (including phenoxy) is 1. The number of nitrogens with zero attached hydrogens (tertiary/aromatic N) is 5. The van der Waals surface area contributed by atoms with E-state index in [-0.39, 0.29) is 5.91 Å². The van der Waals surface area contributed by atoms with Crippen LogP contribution in [0.5, 0.6) is 5.75 Å². The Morgan fingerprint density at radius 2 is 1.67 bits per heavy atom. The summed E-state index contributed by atoms with van der Waals surface area (Å²) >= 11 is 0. The van der Waals surface area contributed by atoms with Gasteiger partial charge in [0.2, 0.25) is 5.91 Å². The monoisotopic (exact) mass is 479 g/mol. The van der Waals surface area contributed by atoms with E-state index in [0.717, 1.165) is 46.9 Å². The Morgan fingerprint density at radius 1 is 0.944 bits per heavy atom. The van der Waals surface area contributed by atoms with E-state index in [1.54, 1.807) is 25.6 Å². The van der Waals surface area contributed by atoms with E-state index < -0.39 is 0 Å². The summed E-state index contributed by atoms with van der Waals surface area (Å²) in [6.45, 7) is 3.59. The van der Waals surface area contributed by atoms with Crippen LogP contribution in [-0.2, 0) is 11.3 Å². The number of para-hydroxylation sites is 1. The molecule has 7 nitrogen and oxygen atoms in total. The minimum absolute atomic E-state index is 0.00571. The van der Waals surface area contributed by atoms with E-state index >= 15 is 0 Å². The third-order valence-corrected chi connectivity index (χ3v) is 6.36. The third kappa shape index (κ3) is 5.30. The summed E-state index contributed by atoms with van der Waals surface area (Å²) in [5, 5.41) is 4.87. The summed E-state index contributed by atoms with van der Waals surface area (Å²) in [7, 11) is 1.66. The van der Waals surface area contributed by atoms with E-state index in [1.807, 2.05) is 76.5 Å². The average Bonchev–Trinajstić information content (AvgIpc) is 3.35. The maximum Gasteiger partial charge on any atom is 0.246 e. The molecule has 0 spiro atoms. The number of amides is 1. The normalized spacial score (nSPS) is 13.8. The molecule has 1 aliphatic rings. The second-order valence-electron chi connectivity index (χ2n) is 8.67. The molecule has 1 amide bonds. The van der Waals surface area contributed by atoms with Crippen molar-refractivity contribution in [3.63, 3.8) is 0 Å². The standard InChI is InChI=1S/C29H29N5O2/c1-36-27-10-6-5-9-26(27)29-24(22-34(31-29)21-23-7-3-2-4-8-23)11-12-28(35)33-19-17-32(18-20-33)25-13-15-30-16-14-25/h2-16,22H,17-21H2,1H3. The fraction of sp³-hybridized carbons (Fsp3) is 0.207. The highest BCUT2D eigenvalue weighted by Gasteiger charge is 2.20. The number of pyridine rings is 1. The predicted octanol–water partition coefficient (Wildman–Crippen LogP) is 4.36. The van der Waals surface area contributed by atoms with Gasteiger partial charge < -0.3 is 14.5 Å². The summed E-state index contributed by atoms with van der Waals surface area (Å²) in [6, 6.07) is 22.0. The number of piperazine rings is 1. The zero-order chi connectivity index (χ0) is 24.7. The Bertz CT molecular complexity index is 1330. The minimum Gasteiger partial charge on any atom is -0.496 e. The summed E-state index contributed by atoms with van der Waals surface area (Å²) in [5.74, 6) is 0.752. The Balaban J connectivity index is 1.35. The summed E-state index contributed by atoms with van der Waals surface area (Å²) in [5.41, 5.74) is 4.85. The molecule has 7 heteroatoms.